The van der Waals surface area contributed by atoms with E-state index in [0.717, 1.165) is 29.5 Å². The molecule has 1 aromatic heterocycles. The molecule has 7 nitrogen and oxygen atoms in total. The molecule has 3 unspecified atom stereocenters. The van der Waals surface area contributed by atoms with Crippen LogP contribution in [0.3, 0.4) is 0 Å². The molecule has 1 fully saturated rings. The average molecular weight is 377 g/mol. The van der Waals surface area contributed by atoms with Crippen molar-refractivity contribution in [3.05, 3.63) is 52.9 Å². The molecule has 0 saturated carbocycles. The van der Waals surface area contributed by atoms with E-state index in [4.69, 9.17) is 16.2 Å². The Labute approximate surface area is 154 Å². The maximum atomic E-state index is 14.1. The van der Waals surface area contributed by atoms with Crippen LogP contribution < -0.4 is 11.5 Å². The number of hydrogen-bond acceptors (Lipinski definition) is 5. The van der Waals surface area contributed by atoms with Gasteiger partial charge in [0.25, 0.3) is 0 Å². The van der Waals surface area contributed by atoms with Crippen molar-refractivity contribution >= 4 is 5.91 Å². The first kappa shape index (κ1) is 18.0. The second-order valence-electron chi connectivity index (χ2n) is 7.12. The molecule has 9 heteroatoms. The minimum absolute atomic E-state index is 0.0438. The summed E-state index contributed by atoms with van der Waals surface area (Å²) in [6.45, 7) is 1.70. The van der Waals surface area contributed by atoms with Crippen molar-refractivity contribution in [2.75, 3.05) is 6.61 Å². The van der Waals surface area contributed by atoms with Crippen LogP contribution in [0.15, 0.2) is 24.4 Å². The lowest BCUT2D eigenvalue weighted by Gasteiger charge is -2.38. The first-order valence-electron chi connectivity index (χ1n) is 8.80. The Hall–Kier alpha value is -2.36. The number of ether oxygens (including phenoxy) is 1. The SMILES string of the molecule is NC(=O)Cn1ncc2c1CN(C1COC(c3cc(F)ccc3F)C(N)C1)C2. The Bertz CT molecular complexity index is 871. The van der Waals surface area contributed by atoms with Crippen LogP contribution in [-0.2, 0) is 29.2 Å². The standard InChI is InChI=1S/C18H21F2N5O2/c19-11-1-2-14(20)13(3-11)18-15(21)4-12(9-27-18)24-6-10-5-23-25(8-17(22)26)16(10)7-24/h1-3,5,12,15,18H,4,6-9,21H2,(H2,22,26). The van der Waals surface area contributed by atoms with E-state index in [-0.39, 0.29) is 18.2 Å². The molecule has 1 aromatic carbocycles. The minimum atomic E-state index is -0.674. The zero-order valence-corrected chi connectivity index (χ0v) is 14.6. The van der Waals surface area contributed by atoms with Crippen LogP contribution in [0.5, 0.6) is 0 Å². The molecular weight excluding hydrogens is 356 g/mol. The van der Waals surface area contributed by atoms with E-state index >= 15 is 0 Å². The minimum Gasteiger partial charge on any atom is -0.370 e. The number of carbonyl (C=O) groups excluding carboxylic acids is 1. The Morgan fingerprint density at radius 2 is 2.15 bits per heavy atom. The summed E-state index contributed by atoms with van der Waals surface area (Å²) in [7, 11) is 0. The van der Waals surface area contributed by atoms with Gasteiger partial charge in [-0.3, -0.25) is 14.4 Å². The van der Waals surface area contributed by atoms with Crippen molar-refractivity contribution in [2.24, 2.45) is 11.5 Å². The van der Waals surface area contributed by atoms with Crippen LogP contribution in [0.1, 0.15) is 29.3 Å². The van der Waals surface area contributed by atoms with E-state index in [0.29, 0.717) is 26.1 Å². The van der Waals surface area contributed by atoms with Crippen molar-refractivity contribution in [1.29, 1.82) is 0 Å². The van der Waals surface area contributed by atoms with Gasteiger partial charge in [-0.25, -0.2) is 8.78 Å². The number of fused-ring (bicyclic) bond motifs is 1. The number of benzene rings is 1. The summed E-state index contributed by atoms with van der Waals surface area (Å²) < 4.78 is 35.0. The zero-order valence-electron chi connectivity index (χ0n) is 14.6. The maximum Gasteiger partial charge on any atom is 0.239 e. The number of amides is 1. The molecule has 2 aliphatic heterocycles. The topological polar surface area (TPSA) is 99.4 Å². The summed E-state index contributed by atoms with van der Waals surface area (Å²) in [6.07, 6.45) is 1.66. The van der Waals surface area contributed by atoms with Crippen LogP contribution in [0, 0.1) is 11.6 Å². The molecule has 27 heavy (non-hydrogen) atoms. The molecule has 0 bridgehead atoms. The highest BCUT2D eigenvalue weighted by molar-refractivity contribution is 5.73. The van der Waals surface area contributed by atoms with Crippen molar-refractivity contribution in [1.82, 2.24) is 14.7 Å². The lowest BCUT2D eigenvalue weighted by Crippen LogP contribution is -2.47. The van der Waals surface area contributed by atoms with Crippen molar-refractivity contribution in [3.8, 4) is 0 Å². The molecule has 1 amide bonds. The highest BCUT2D eigenvalue weighted by atomic mass is 19.1. The number of carbonyl (C=O) groups is 1. The summed E-state index contributed by atoms with van der Waals surface area (Å²) in [4.78, 5) is 13.4. The van der Waals surface area contributed by atoms with E-state index in [1.807, 2.05) is 0 Å². The van der Waals surface area contributed by atoms with Gasteiger partial charge in [-0.05, 0) is 24.6 Å². The molecule has 144 valence electrons. The zero-order chi connectivity index (χ0) is 19.1. The monoisotopic (exact) mass is 377 g/mol. The molecule has 2 aromatic rings. The Morgan fingerprint density at radius 1 is 1.33 bits per heavy atom. The number of rotatable bonds is 4. The van der Waals surface area contributed by atoms with Crippen LogP contribution in [-0.4, -0.2) is 39.3 Å². The van der Waals surface area contributed by atoms with Gasteiger partial charge < -0.3 is 16.2 Å². The number of nitrogens with two attached hydrogens (primary N) is 2. The predicted octanol–water partition coefficient (Wildman–Crippen LogP) is 0.820. The normalized spacial score (nSPS) is 25.5. The van der Waals surface area contributed by atoms with Crippen molar-refractivity contribution in [2.45, 2.75) is 44.2 Å². The lowest BCUT2D eigenvalue weighted by molar-refractivity contribution is -0.118. The van der Waals surface area contributed by atoms with Gasteiger partial charge in [0, 0.05) is 36.3 Å². The average Bonchev–Trinajstić information content (AvgIpc) is 3.19. The van der Waals surface area contributed by atoms with Gasteiger partial charge >= 0.3 is 0 Å². The molecule has 4 rings (SSSR count). The quantitative estimate of drug-likeness (QED) is 0.822. The molecule has 0 aliphatic carbocycles. The van der Waals surface area contributed by atoms with Crippen LogP contribution in [0.4, 0.5) is 8.78 Å². The van der Waals surface area contributed by atoms with E-state index in [1.165, 1.54) is 0 Å². The summed E-state index contributed by atoms with van der Waals surface area (Å²) >= 11 is 0. The van der Waals surface area contributed by atoms with Crippen LogP contribution in [0.2, 0.25) is 0 Å². The van der Waals surface area contributed by atoms with E-state index in [1.54, 1.807) is 10.9 Å². The molecular formula is C18H21F2N5O2. The molecule has 3 heterocycles. The Balaban J connectivity index is 1.44. The largest absolute Gasteiger partial charge is 0.370 e. The number of primary amides is 1. The van der Waals surface area contributed by atoms with Gasteiger partial charge in [0.2, 0.25) is 5.91 Å². The lowest BCUT2D eigenvalue weighted by atomic mass is 9.93. The molecule has 3 atom stereocenters. The van der Waals surface area contributed by atoms with Crippen molar-refractivity contribution < 1.29 is 18.3 Å². The second-order valence-corrected chi connectivity index (χ2v) is 7.12. The maximum absolute atomic E-state index is 14.1. The number of nitrogens with zero attached hydrogens (tertiary/aromatic N) is 3. The number of aromatic nitrogens is 2. The van der Waals surface area contributed by atoms with Gasteiger partial charge in [-0.15, -0.1) is 0 Å². The first-order valence-corrected chi connectivity index (χ1v) is 8.80. The highest BCUT2D eigenvalue weighted by Gasteiger charge is 2.37. The molecule has 4 N–H and O–H groups in total. The third-order valence-electron chi connectivity index (χ3n) is 5.25. The smallest absolute Gasteiger partial charge is 0.239 e. The molecule has 0 radical (unpaired) electrons. The Kier molecular flexibility index (Phi) is 4.67. The highest BCUT2D eigenvalue weighted by Crippen LogP contribution is 2.34. The van der Waals surface area contributed by atoms with Crippen molar-refractivity contribution in [3.63, 3.8) is 0 Å². The third-order valence-corrected chi connectivity index (χ3v) is 5.25. The summed E-state index contributed by atoms with van der Waals surface area (Å²) in [5.74, 6) is -1.48. The van der Waals surface area contributed by atoms with E-state index in [2.05, 4.69) is 10.00 Å². The fourth-order valence-electron chi connectivity index (χ4n) is 3.93. The summed E-state index contributed by atoms with van der Waals surface area (Å²) in [5.41, 5.74) is 13.7. The molecule has 0 spiro atoms. The molecule has 2 aliphatic rings. The van der Waals surface area contributed by atoms with E-state index < -0.39 is 29.7 Å². The van der Waals surface area contributed by atoms with Crippen LogP contribution in [0.25, 0.3) is 0 Å². The fraction of sp³-hybridized carbons (Fsp3) is 0.444. The van der Waals surface area contributed by atoms with Gasteiger partial charge in [0.1, 0.15) is 24.3 Å². The second kappa shape index (κ2) is 6.99. The molecule has 1 saturated heterocycles. The first-order chi connectivity index (χ1) is 12.9. The number of hydrogen-bond donors (Lipinski definition) is 2. The van der Waals surface area contributed by atoms with Crippen LogP contribution >= 0.6 is 0 Å². The number of halogens is 2. The fourth-order valence-corrected chi connectivity index (χ4v) is 3.93. The predicted molar refractivity (Wildman–Crippen MR) is 92.1 cm³/mol. The third kappa shape index (κ3) is 3.45. The van der Waals surface area contributed by atoms with Gasteiger partial charge in [-0.1, -0.05) is 0 Å². The summed E-state index contributed by atoms with van der Waals surface area (Å²) in [6, 6.07) is 2.90. The van der Waals surface area contributed by atoms with Gasteiger partial charge in [-0.2, -0.15) is 5.10 Å². The van der Waals surface area contributed by atoms with Gasteiger partial charge in [0.15, 0.2) is 0 Å². The summed E-state index contributed by atoms with van der Waals surface area (Å²) in [5, 5.41) is 4.20. The van der Waals surface area contributed by atoms with E-state index in [9.17, 15) is 13.6 Å². The Morgan fingerprint density at radius 3 is 2.89 bits per heavy atom. The van der Waals surface area contributed by atoms with Gasteiger partial charge in [0.05, 0.1) is 18.5 Å².